The topological polar surface area (TPSA) is 0 Å². The summed E-state index contributed by atoms with van der Waals surface area (Å²) in [5.41, 5.74) is -4.14. The lowest BCUT2D eigenvalue weighted by Crippen LogP contribution is -1.93. The van der Waals surface area contributed by atoms with Crippen molar-refractivity contribution in [3.05, 3.63) is 35.7 Å². The lowest BCUT2D eigenvalue weighted by atomic mass is 10.3. The van der Waals surface area contributed by atoms with Gasteiger partial charge in [-0.05, 0) is 12.1 Å². The molecule has 0 aliphatic rings. The first kappa shape index (κ1) is 8.56. The van der Waals surface area contributed by atoms with E-state index in [9.17, 15) is 13.2 Å². The van der Waals surface area contributed by atoms with E-state index in [1.54, 1.807) is 18.2 Å². The Morgan fingerprint density at radius 3 is 2.38 bits per heavy atom. The summed E-state index contributed by atoms with van der Waals surface area (Å²) < 4.78 is 37.6. The van der Waals surface area contributed by atoms with Gasteiger partial charge in [0.1, 0.15) is 5.38 Å². The molecule has 0 bridgehead atoms. The van der Waals surface area contributed by atoms with E-state index in [4.69, 9.17) is 0 Å². The second-order valence-electron chi connectivity index (χ2n) is 2.62. The van der Waals surface area contributed by atoms with Crippen LogP contribution in [0.1, 0.15) is 0 Å². The molecule has 0 saturated heterocycles. The summed E-state index contributed by atoms with van der Waals surface area (Å²) in [6.45, 7) is 0. The first-order valence-electron chi connectivity index (χ1n) is 3.66. The molecular weight excluding hydrogens is 197 g/mol. The minimum absolute atomic E-state index is 0.384. The number of rotatable bonds is 0. The van der Waals surface area contributed by atoms with Crippen molar-refractivity contribution in [2.75, 3.05) is 0 Å². The quantitative estimate of drug-likeness (QED) is 0.566. The maximum absolute atomic E-state index is 12.4. The van der Waals surface area contributed by atoms with Gasteiger partial charge in [-0.2, -0.15) is 0 Å². The largest absolute Gasteiger partial charge is 0.600 e. The zero-order valence-corrected chi connectivity index (χ0v) is 7.32. The van der Waals surface area contributed by atoms with Crippen LogP contribution in [0.15, 0.2) is 35.7 Å². The summed E-state index contributed by atoms with van der Waals surface area (Å²) in [7, 11) is -1.70. The van der Waals surface area contributed by atoms with Crippen LogP contribution in [0.4, 0.5) is 13.2 Å². The van der Waals surface area contributed by atoms with E-state index in [1.807, 2.05) is 0 Å². The number of thiophene rings is 1. The average Bonchev–Trinajstić information content (AvgIpc) is 2.45. The monoisotopic (exact) mass is 203 g/mol. The minimum Gasteiger partial charge on any atom is -0.118 e. The van der Waals surface area contributed by atoms with Crippen molar-refractivity contribution in [1.29, 1.82) is 0 Å². The highest BCUT2D eigenvalue weighted by atomic mass is 32.2. The van der Waals surface area contributed by atoms with E-state index in [2.05, 4.69) is 0 Å². The standard InChI is InChI=1S/C9H6F3S/c10-9(11,12)13-6-5-7-3-1-2-4-8(7)13/h1-6H/q+1. The zero-order chi connectivity index (χ0) is 9.47. The molecule has 0 nitrogen and oxygen atoms in total. The van der Waals surface area contributed by atoms with Crippen LogP contribution in [0.5, 0.6) is 0 Å². The van der Waals surface area contributed by atoms with Gasteiger partial charge in [0.15, 0.2) is 4.70 Å². The lowest BCUT2D eigenvalue weighted by molar-refractivity contribution is -0.0866. The van der Waals surface area contributed by atoms with Crippen molar-refractivity contribution >= 4 is 20.6 Å². The molecule has 68 valence electrons. The Bertz CT molecular complexity index is 428. The van der Waals surface area contributed by atoms with Crippen molar-refractivity contribution in [2.24, 2.45) is 0 Å². The first-order chi connectivity index (χ1) is 6.09. The molecule has 2 aromatic rings. The molecule has 0 saturated carbocycles. The molecule has 0 N–H and O–H groups in total. The Morgan fingerprint density at radius 1 is 1.00 bits per heavy atom. The van der Waals surface area contributed by atoms with E-state index in [1.165, 1.54) is 17.5 Å². The van der Waals surface area contributed by atoms with E-state index in [0.717, 1.165) is 0 Å². The number of alkyl halides is 3. The van der Waals surface area contributed by atoms with Crippen LogP contribution in [-0.4, -0.2) is 0 Å². The smallest absolute Gasteiger partial charge is 0.118 e. The van der Waals surface area contributed by atoms with Gasteiger partial charge in [0, 0.05) is 11.5 Å². The summed E-state index contributed by atoms with van der Waals surface area (Å²) in [4.78, 5) is 0. The fourth-order valence-corrected chi connectivity index (χ4v) is 2.68. The van der Waals surface area contributed by atoms with Crippen LogP contribution in [0, 0.1) is 0 Å². The highest BCUT2D eigenvalue weighted by Gasteiger charge is 2.44. The van der Waals surface area contributed by atoms with Gasteiger partial charge in [0.25, 0.3) is 0 Å². The lowest BCUT2D eigenvalue weighted by Gasteiger charge is -1.93. The second-order valence-corrected chi connectivity index (χ2v) is 4.47. The molecule has 1 aromatic carbocycles. The summed E-state index contributed by atoms with van der Waals surface area (Å²) in [5.74, 6) is 0. The van der Waals surface area contributed by atoms with Crippen LogP contribution < -0.4 is 0 Å². The molecule has 2 rings (SSSR count). The molecule has 0 spiro atoms. The highest BCUT2D eigenvalue weighted by Crippen LogP contribution is 2.47. The van der Waals surface area contributed by atoms with Gasteiger partial charge in [-0.25, -0.2) is 0 Å². The third-order valence-electron chi connectivity index (χ3n) is 1.79. The van der Waals surface area contributed by atoms with Gasteiger partial charge < -0.3 is 0 Å². The molecule has 0 aliphatic carbocycles. The number of benzene rings is 1. The molecular formula is C9H6F3S+. The predicted octanol–water partition coefficient (Wildman–Crippen LogP) is 4.07. The SMILES string of the molecule is FC(F)(F)[s+]1ccc2ccccc21. The fraction of sp³-hybridized carbons (Fsp3) is 0.111. The Labute approximate surface area is 75.6 Å². The van der Waals surface area contributed by atoms with E-state index >= 15 is 0 Å². The van der Waals surface area contributed by atoms with Crippen LogP contribution in [0.3, 0.4) is 0 Å². The molecule has 1 atom stereocenters. The number of halogens is 3. The third kappa shape index (κ3) is 1.42. The van der Waals surface area contributed by atoms with Gasteiger partial charge in [0.05, 0.1) is 10.5 Å². The normalized spacial score (nSPS) is 13.6. The average molecular weight is 203 g/mol. The molecule has 4 heteroatoms. The van der Waals surface area contributed by atoms with E-state index < -0.39 is 16.0 Å². The van der Waals surface area contributed by atoms with E-state index in [-0.39, 0.29) is 0 Å². The maximum Gasteiger partial charge on any atom is 0.600 e. The Balaban J connectivity index is 2.72. The van der Waals surface area contributed by atoms with Gasteiger partial charge in [-0.1, -0.05) is 12.1 Å². The van der Waals surface area contributed by atoms with Crippen LogP contribution >= 0.6 is 10.5 Å². The molecule has 0 fully saturated rings. The van der Waals surface area contributed by atoms with Crippen LogP contribution in [0.25, 0.3) is 10.1 Å². The van der Waals surface area contributed by atoms with Crippen molar-refractivity contribution in [1.82, 2.24) is 0 Å². The number of fused-ring (bicyclic) bond motifs is 1. The Kier molecular flexibility index (Phi) is 1.80. The summed E-state index contributed by atoms with van der Waals surface area (Å²) in [6, 6.07) is 8.15. The zero-order valence-electron chi connectivity index (χ0n) is 6.51. The molecule has 0 aliphatic heterocycles. The molecule has 0 radical (unpaired) electrons. The van der Waals surface area contributed by atoms with Crippen molar-refractivity contribution in [3.8, 4) is 0 Å². The van der Waals surface area contributed by atoms with Gasteiger partial charge in [0.2, 0.25) is 0 Å². The van der Waals surface area contributed by atoms with Crippen molar-refractivity contribution in [3.63, 3.8) is 0 Å². The molecule has 1 unspecified atom stereocenters. The number of hydrogen-bond acceptors (Lipinski definition) is 0. The highest BCUT2D eigenvalue weighted by molar-refractivity contribution is 7.36. The van der Waals surface area contributed by atoms with Crippen LogP contribution in [-0.2, 0) is 5.51 Å². The fourth-order valence-electron chi connectivity index (χ4n) is 1.23. The predicted molar refractivity (Wildman–Crippen MR) is 47.7 cm³/mol. The van der Waals surface area contributed by atoms with Crippen LogP contribution in [0.2, 0.25) is 0 Å². The molecule has 13 heavy (non-hydrogen) atoms. The number of hydrogen-bond donors (Lipinski definition) is 0. The Hall–Kier alpha value is -1.03. The van der Waals surface area contributed by atoms with Crippen molar-refractivity contribution < 1.29 is 13.2 Å². The summed E-state index contributed by atoms with van der Waals surface area (Å²) in [6.07, 6.45) is 0. The molecule has 0 amide bonds. The van der Waals surface area contributed by atoms with Gasteiger partial charge in [-0.15, -0.1) is 13.2 Å². The maximum atomic E-state index is 12.4. The molecule has 1 aromatic heterocycles. The van der Waals surface area contributed by atoms with E-state index in [0.29, 0.717) is 10.1 Å². The first-order valence-corrected chi connectivity index (χ1v) is 4.95. The molecule has 1 heterocycles. The second kappa shape index (κ2) is 2.73. The third-order valence-corrected chi connectivity index (χ3v) is 3.54. The van der Waals surface area contributed by atoms with Gasteiger partial charge >= 0.3 is 5.51 Å². The van der Waals surface area contributed by atoms with Crippen molar-refractivity contribution in [2.45, 2.75) is 5.51 Å². The van der Waals surface area contributed by atoms with Gasteiger partial charge in [-0.3, -0.25) is 0 Å². The minimum atomic E-state index is -4.14. The summed E-state index contributed by atoms with van der Waals surface area (Å²) in [5, 5.41) is 1.91. The Morgan fingerprint density at radius 2 is 1.69 bits per heavy atom. The summed E-state index contributed by atoms with van der Waals surface area (Å²) >= 11 is 0.